The number of rotatable bonds is 7. The summed E-state index contributed by atoms with van der Waals surface area (Å²) in [4.78, 5) is 21.7. The van der Waals surface area contributed by atoms with Crippen molar-refractivity contribution in [3.05, 3.63) is 65.9 Å². The van der Waals surface area contributed by atoms with E-state index >= 15 is 0 Å². The molecule has 1 aromatic heterocycles. The molecule has 3 aromatic rings. The van der Waals surface area contributed by atoms with Crippen LogP contribution in [0.25, 0.3) is 10.9 Å². The third-order valence-electron chi connectivity index (χ3n) is 6.12. The molecule has 7 nitrogen and oxygen atoms in total. The van der Waals surface area contributed by atoms with E-state index in [-0.39, 0.29) is 11.9 Å². The molecule has 1 aliphatic rings. The van der Waals surface area contributed by atoms with Gasteiger partial charge >= 0.3 is 0 Å². The molecule has 1 heterocycles. The Hall–Kier alpha value is -3.28. The molecule has 0 aliphatic heterocycles. The van der Waals surface area contributed by atoms with Gasteiger partial charge in [-0.05, 0) is 62.4 Å². The van der Waals surface area contributed by atoms with Crippen molar-refractivity contribution in [2.75, 3.05) is 6.54 Å². The molecule has 0 radical (unpaired) electrons. The molecule has 0 bridgehead atoms. The quantitative estimate of drug-likeness (QED) is 0.376. The first-order valence-electron chi connectivity index (χ1n) is 11.0. The summed E-state index contributed by atoms with van der Waals surface area (Å²) in [6.07, 6.45) is 4.20. The van der Waals surface area contributed by atoms with Gasteiger partial charge < -0.3 is 15.2 Å². The number of amides is 1. The second kappa shape index (κ2) is 9.69. The number of fused-ring (bicyclic) bond motifs is 1. The molecule has 1 saturated carbocycles. The van der Waals surface area contributed by atoms with Crippen LogP contribution in [0.2, 0.25) is 0 Å². The summed E-state index contributed by atoms with van der Waals surface area (Å²) in [6.45, 7) is 3.50. The number of hydrogen-bond acceptors (Lipinski definition) is 4. The van der Waals surface area contributed by atoms with Gasteiger partial charge in [0.25, 0.3) is 5.91 Å². The Morgan fingerprint density at radius 1 is 1.23 bits per heavy atom. The van der Waals surface area contributed by atoms with Crippen molar-refractivity contribution in [2.24, 2.45) is 5.11 Å². The summed E-state index contributed by atoms with van der Waals surface area (Å²) in [5.74, 6) is 0.0813. The molecule has 0 saturated heterocycles. The predicted molar refractivity (Wildman–Crippen MR) is 121 cm³/mol. The van der Waals surface area contributed by atoms with Crippen molar-refractivity contribution < 1.29 is 4.79 Å². The van der Waals surface area contributed by atoms with Crippen LogP contribution in [0.3, 0.4) is 0 Å². The Morgan fingerprint density at radius 3 is 2.90 bits per heavy atom. The predicted octanol–water partition coefficient (Wildman–Crippen LogP) is 4.91. The van der Waals surface area contributed by atoms with Crippen LogP contribution in [0.1, 0.15) is 48.7 Å². The van der Waals surface area contributed by atoms with Gasteiger partial charge in [-0.3, -0.25) is 4.79 Å². The lowest BCUT2D eigenvalue weighted by atomic mass is 9.89. The van der Waals surface area contributed by atoms with Gasteiger partial charge in [-0.2, -0.15) is 0 Å². The van der Waals surface area contributed by atoms with Crippen molar-refractivity contribution >= 4 is 22.5 Å². The largest absolute Gasteiger partial charge is 0.351 e. The Balaban J connectivity index is 1.40. The zero-order valence-electron chi connectivity index (χ0n) is 17.8. The van der Waals surface area contributed by atoms with Crippen LogP contribution in [0.4, 0.5) is 5.69 Å². The number of para-hydroxylation sites is 1. The molecule has 2 atom stereocenters. The van der Waals surface area contributed by atoms with Gasteiger partial charge in [0.05, 0.1) is 0 Å². The molecule has 1 fully saturated rings. The third-order valence-corrected chi connectivity index (χ3v) is 6.12. The van der Waals surface area contributed by atoms with E-state index in [0.29, 0.717) is 24.0 Å². The van der Waals surface area contributed by atoms with Crippen LogP contribution in [-0.4, -0.2) is 34.4 Å². The fourth-order valence-electron chi connectivity index (χ4n) is 4.59. The molecule has 7 heteroatoms. The highest BCUT2D eigenvalue weighted by Crippen LogP contribution is 2.26. The minimum atomic E-state index is 0.0813. The van der Waals surface area contributed by atoms with E-state index in [0.717, 1.165) is 48.7 Å². The fraction of sp³-hybridized carbons (Fsp3) is 0.375. The highest BCUT2D eigenvalue weighted by Gasteiger charge is 2.29. The van der Waals surface area contributed by atoms with Gasteiger partial charge in [-0.15, -0.1) is 0 Å². The van der Waals surface area contributed by atoms with E-state index in [2.05, 4.69) is 27.3 Å². The third kappa shape index (κ3) is 4.90. The zero-order valence-corrected chi connectivity index (χ0v) is 17.8. The average Bonchev–Trinajstić information content (AvgIpc) is 3.23. The summed E-state index contributed by atoms with van der Waals surface area (Å²) in [5.41, 5.74) is 10.4. The second-order valence-electron chi connectivity index (χ2n) is 8.13. The number of benzene rings is 2. The van der Waals surface area contributed by atoms with E-state index in [9.17, 15) is 4.79 Å². The Bertz CT molecular complexity index is 1070. The molecule has 0 spiro atoms. The lowest BCUT2D eigenvalue weighted by Gasteiger charge is -2.37. The van der Waals surface area contributed by atoms with Crippen molar-refractivity contribution in [3.8, 4) is 0 Å². The lowest BCUT2D eigenvalue weighted by molar-refractivity contribution is 0.0623. The van der Waals surface area contributed by atoms with Crippen molar-refractivity contribution in [1.82, 2.24) is 20.1 Å². The summed E-state index contributed by atoms with van der Waals surface area (Å²) in [5, 5.41) is 8.51. The average molecular weight is 418 g/mol. The van der Waals surface area contributed by atoms with Gasteiger partial charge in [0.2, 0.25) is 4.91 Å². The van der Waals surface area contributed by atoms with Crippen molar-refractivity contribution in [2.45, 2.75) is 51.2 Å². The Kier molecular flexibility index (Phi) is 6.55. The maximum atomic E-state index is 13.3. The van der Waals surface area contributed by atoms with E-state index in [1.807, 2.05) is 59.5 Å². The molecule has 31 heavy (non-hydrogen) atoms. The number of aromatic nitrogens is 1. The maximum Gasteiger partial charge on any atom is 0.270 e. The number of H-pyrrole nitrogens is 1. The van der Waals surface area contributed by atoms with Gasteiger partial charge in [-0.1, -0.05) is 30.3 Å². The van der Waals surface area contributed by atoms with Crippen LogP contribution in [-0.2, 0) is 6.54 Å². The smallest absolute Gasteiger partial charge is 0.270 e. The van der Waals surface area contributed by atoms with E-state index in [1.165, 1.54) is 0 Å². The second-order valence-corrected chi connectivity index (χ2v) is 8.13. The highest BCUT2D eigenvalue weighted by atomic mass is 16.2. The molecular weight excluding hydrogens is 388 g/mol. The summed E-state index contributed by atoms with van der Waals surface area (Å²) in [6, 6.07) is 18.3. The number of carbonyl (C=O) groups is 1. The molecule has 3 N–H and O–H groups in total. The number of hydrogen-bond donors (Lipinski definition) is 3. The van der Waals surface area contributed by atoms with Crippen LogP contribution >= 0.6 is 0 Å². The molecule has 1 amide bonds. The van der Waals surface area contributed by atoms with Crippen LogP contribution < -0.4 is 10.2 Å². The summed E-state index contributed by atoms with van der Waals surface area (Å²) >= 11 is 0. The molecule has 2 aromatic carbocycles. The van der Waals surface area contributed by atoms with Crippen molar-refractivity contribution in [1.29, 1.82) is 5.53 Å². The van der Waals surface area contributed by atoms with E-state index in [1.54, 1.807) is 0 Å². The van der Waals surface area contributed by atoms with Gasteiger partial charge in [-0.25, -0.2) is 0 Å². The maximum absolute atomic E-state index is 13.3. The fourth-order valence-corrected chi connectivity index (χ4v) is 4.59. The first kappa shape index (κ1) is 21.0. The first-order valence-corrected chi connectivity index (χ1v) is 11.0. The van der Waals surface area contributed by atoms with E-state index < -0.39 is 0 Å². The SMILES string of the molecule is CCN(C(=O)c1cc2ccccc2[nH]1)[C@H]1CCC[C@@H](NCc2cccc(N=[N+]=N)c2)C1. The standard InChI is InChI=1S/C24H28N6O/c1-2-30(24(31)23-14-18-8-3-4-12-22(18)27-23)21-11-6-9-19(15-21)26-16-17-7-5-10-20(13-17)28-29-25/h3-5,7-8,10,12-14,19,21,25-26H,2,6,9,11,15-16H2,1H3/p+1/t19-,21+/m1/s1. The number of nitrogens with one attached hydrogen (secondary N) is 3. The minimum Gasteiger partial charge on any atom is -0.351 e. The molecular formula is C24H29N6O+. The minimum absolute atomic E-state index is 0.0813. The van der Waals surface area contributed by atoms with Crippen LogP contribution in [0.5, 0.6) is 0 Å². The lowest BCUT2D eigenvalue weighted by Crippen LogP contribution is -2.46. The Labute approximate surface area is 182 Å². The van der Waals surface area contributed by atoms with Gasteiger partial charge in [0.1, 0.15) is 11.2 Å². The monoisotopic (exact) mass is 417 g/mol. The summed E-state index contributed by atoms with van der Waals surface area (Å²) in [7, 11) is 0. The number of aromatic amines is 1. The molecule has 1 aliphatic carbocycles. The zero-order chi connectivity index (χ0) is 21.6. The Morgan fingerprint density at radius 2 is 2.10 bits per heavy atom. The van der Waals surface area contributed by atoms with Gasteiger partial charge in [0, 0.05) is 36.1 Å². The van der Waals surface area contributed by atoms with Crippen molar-refractivity contribution in [3.63, 3.8) is 0 Å². The highest BCUT2D eigenvalue weighted by molar-refractivity contribution is 5.98. The topological polar surface area (TPSA) is 98.4 Å². The van der Waals surface area contributed by atoms with Crippen LogP contribution in [0.15, 0.2) is 59.7 Å². The first-order chi connectivity index (χ1) is 15.2. The summed E-state index contributed by atoms with van der Waals surface area (Å²) < 4.78 is 0. The van der Waals surface area contributed by atoms with Gasteiger partial charge in [0.15, 0.2) is 10.8 Å². The van der Waals surface area contributed by atoms with E-state index in [4.69, 9.17) is 5.53 Å². The molecule has 160 valence electrons. The van der Waals surface area contributed by atoms with Crippen LogP contribution in [0, 0.1) is 5.53 Å². The molecule has 4 rings (SSSR count). The normalized spacial score (nSPS) is 18.5. The number of nitrogens with zero attached hydrogens (tertiary/aromatic N) is 3. The molecule has 0 unspecified atom stereocenters. The number of carbonyl (C=O) groups excluding carboxylic acids is 1.